The van der Waals surface area contributed by atoms with Crippen molar-refractivity contribution < 1.29 is 28.6 Å². The van der Waals surface area contributed by atoms with E-state index in [1.165, 1.54) is 180 Å². The maximum absolute atomic E-state index is 12.9. The van der Waals surface area contributed by atoms with Crippen molar-refractivity contribution in [3.05, 3.63) is 97.2 Å². The molecule has 0 rings (SSSR count). The van der Waals surface area contributed by atoms with Crippen LogP contribution in [0.3, 0.4) is 0 Å². The Kier molecular flexibility index (Phi) is 61.8. The number of unbranched alkanes of at least 4 members (excludes halogenated alkanes) is 32. The minimum atomic E-state index is -0.803. The molecular formula is C71H122O6. The highest BCUT2D eigenvalue weighted by Crippen LogP contribution is 2.17. The lowest BCUT2D eigenvalue weighted by Gasteiger charge is -2.18. The Hall–Kier alpha value is -3.67. The number of allylic oxidation sites excluding steroid dienone is 16. The van der Waals surface area contributed by atoms with Gasteiger partial charge in [0.15, 0.2) is 6.10 Å². The van der Waals surface area contributed by atoms with Crippen molar-refractivity contribution in [2.75, 3.05) is 13.2 Å². The first kappa shape index (κ1) is 73.3. The molecule has 1 atom stereocenters. The molecule has 0 saturated carbocycles. The minimum Gasteiger partial charge on any atom is -0.462 e. The molecule has 0 aliphatic rings. The summed E-state index contributed by atoms with van der Waals surface area (Å²) in [5, 5.41) is 0. The Morgan fingerprint density at radius 1 is 0.273 bits per heavy atom. The molecule has 6 heteroatoms. The van der Waals surface area contributed by atoms with Gasteiger partial charge in [-0.2, -0.15) is 0 Å². The van der Waals surface area contributed by atoms with Crippen molar-refractivity contribution in [3.8, 4) is 0 Å². The lowest BCUT2D eigenvalue weighted by atomic mass is 10.0. The number of carbonyl (C=O) groups is 3. The fourth-order valence-corrected chi connectivity index (χ4v) is 9.19. The van der Waals surface area contributed by atoms with Crippen molar-refractivity contribution in [1.82, 2.24) is 0 Å². The number of carbonyl (C=O) groups excluding carboxylic acids is 3. The highest BCUT2D eigenvalue weighted by molar-refractivity contribution is 5.71. The quantitative estimate of drug-likeness (QED) is 0.0261. The summed E-state index contributed by atoms with van der Waals surface area (Å²) >= 11 is 0. The van der Waals surface area contributed by atoms with Gasteiger partial charge in [0, 0.05) is 19.3 Å². The molecule has 77 heavy (non-hydrogen) atoms. The maximum atomic E-state index is 12.9. The first-order valence-electron chi connectivity index (χ1n) is 32.7. The zero-order valence-corrected chi connectivity index (χ0v) is 50.7. The predicted molar refractivity (Wildman–Crippen MR) is 334 cm³/mol. The van der Waals surface area contributed by atoms with Crippen molar-refractivity contribution in [3.63, 3.8) is 0 Å². The summed E-state index contributed by atoms with van der Waals surface area (Å²) in [7, 11) is 0. The Morgan fingerprint density at radius 2 is 0.519 bits per heavy atom. The van der Waals surface area contributed by atoms with Crippen LogP contribution in [0.2, 0.25) is 0 Å². The van der Waals surface area contributed by atoms with E-state index in [0.29, 0.717) is 19.3 Å². The molecule has 0 aromatic rings. The number of ether oxygens (including phenoxy) is 3. The van der Waals surface area contributed by atoms with Crippen LogP contribution < -0.4 is 0 Å². The average molecular weight is 1070 g/mol. The van der Waals surface area contributed by atoms with Gasteiger partial charge in [-0.3, -0.25) is 14.4 Å². The van der Waals surface area contributed by atoms with Crippen LogP contribution in [0.5, 0.6) is 0 Å². The van der Waals surface area contributed by atoms with E-state index in [-0.39, 0.29) is 37.5 Å². The van der Waals surface area contributed by atoms with Gasteiger partial charge < -0.3 is 14.2 Å². The SMILES string of the molecule is CC/C=C\C/C=C\C/C=C\C/C=C\C/C=C\C/C=C\C/C=C\CCCC(=O)OCC(COC(=O)CCCCCCCCCCCCCCCCCCC)OC(=O)CCCCCCCCCCC/C=C\CCCCCCCC. The molecule has 1 unspecified atom stereocenters. The molecule has 0 aromatic heterocycles. The molecule has 0 saturated heterocycles. The number of esters is 3. The Morgan fingerprint density at radius 3 is 0.857 bits per heavy atom. The molecular weight excluding hydrogens is 949 g/mol. The van der Waals surface area contributed by atoms with Gasteiger partial charge in [0.1, 0.15) is 13.2 Å². The molecule has 0 amide bonds. The standard InChI is InChI=1S/C71H122O6/c1-4-7-10-13-16-19-22-25-28-31-33-34-35-36-38-40-43-46-49-52-55-58-61-64-70(73)76-67-68(66-75-69(72)63-60-57-54-51-48-45-42-39-30-27-24-21-18-15-12-9-6-3)77-71(74)65-62-59-56-53-50-47-44-41-37-32-29-26-23-20-17-14-11-8-5-2/h7,10,16,19,25-26,28-29,33-34,36,38,43,46,52,55,68H,4-6,8-9,11-15,17-18,20-24,27,30-32,35,37,39-42,44-45,47-51,53-54,56-67H2,1-3H3/b10-7-,19-16-,28-25-,29-26-,34-33-,38-36-,46-43-,55-52-. The third-order valence-corrected chi connectivity index (χ3v) is 14.1. The smallest absolute Gasteiger partial charge is 0.306 e. The summed E-state index contributed by atoms with van der Waals surface area (Å²) in [6.07, 6.45) is 87.0. The second kappa shape index (κ2) is 64.9. The van der Waals surface area contributed by atoms with Gasteiger partial charge in [-0.15, -0.1) is 0 Å². The highest BCUT2D eigenvalue weighted by atomic mass is 16.6. The van der Waals surface area contributed by atoms with E-state index in [1.807, 2.05) is 0 Å². The van der Waals surface area contributed by atoms with Crippen LogP contribution in [0.15, 0.2) is 97.2 Å². The van der Waals surface area contributed by atoms with Crippen LogP contribution in [0.1, 0.15) is 316 Å². The first-order chi connectivity index (χ1) is 38.0. The van der Waals surface area contributed by atoms with E-state index < -0.39 is 6.10 Å². The molecule has 0 aliphatic heterocycles. The summed E-state index contributed by atoms with van der Waals surface area (Å²) in [5.74, 6) is -0.944. The number of hydrogen-bond acceptors (Lipinski definition) is 6. The van der Waals surface area contributed by atoms with E-state index in [1.54, 1.807) is 0 Å². The van der Waals surface area contributed by atoms with Crippen LogP contribution in [-0.4, -0.2) is 37.2 Å². The second-order valence-corrected chi connectivity index (χ2v) is 21.6. The molecule has 0 aliphatic carbocycles. The minimum absolute atomic E-state index is 0.0936. The highest BCUT2D eigenvalue weighted by Gasteiger charge is 2.19. The van der Waals surface area contributed by atoms with Crippen molar-refractivity contribution in [2.45, 2.75) is 322 Å². The van der Waals surface area contributed by atoms with Gasteiger partial charge in [-0.1, -0.05) is 298 Å². The fourth-order valence-electron chi connectivity index (χ4n) is 9.19. The fraction of sp³-hybridized carbons (Fsp3) is 0.732. The van der Waals surface area contributed by atoms with Gasteiger partial charge >= 0.3 is 17.9 Å². The normalized spacial score (nSPS) is 12.7. The topological polar surface area (TPSA) is 78.9 Å². The van der Waals surface area contributed by atoms with Crippen molar-refractivity contribution >= 4 is 17.9 Å². The van der Waals surface area contributed by atoms with Crippen LogP contribution in [0, 0.1) is 0 Å². The Balaban J connectivity index is 4.46. The largest absolute Gasteiger partial charge is 0.462 e. The summed E-state index contributed by atoms with van der Waals surface area (Å²) in [5.41, 5.74) is 0. The summed E-state index contributed by atoms with van der Waals surface area (Å²) in [6.45, 7) is 6.51. The molecule has 0 aromatic carbocycles. The Labute approximate surface area is 477 Å². The van der Waals surface area contributed by atoms with Gasteiger partial charge in [0.05, 0.1) is 0 Å². The van der Waals surface area contributed by atoms with Crippen LogP contribution in [0.25, 0.3) is 0 Å². The maximum Gasteiger partial charge on any atom is 0.306 e. The second-order valence-electron chi connectivity index (χ2n) is 21.6. The lowest BCUT2D eigenvalue weighted by Crippen LogP contribution is -2.30. The molecule has 442 valence electrons. The van der Waals surface area contributed by atoms with Crippen LogP contribution in [0.4, 0.5) is 0 Å². The molecule has 0 N–H and O–H groups in total. The first-order valence-corrected chi connectivity index (χ1v) is 32.7. The van der Waals surface area contributed by atoms with Gasteiger partial charge in [0.25, 0.3) is 0 Å². The molecule has 0 spiro atoms. The molecule has 0 radical (unpaired) electrons. The summed E-state index contributed by atoms with van der Waals surface area (Å²) in [6, 6.07) is 0. The van der Waals surface area contributed by atoms with Crippen LogP contribution in [-0.2, 0) is 28.6 Å². The molecule has 0 bridgehead atoms. The zero-order chi connectivity index (χ0) is 55.7. The summed E-state index contributed by atoms with van der Waals surface area (Å²) in [4.78, 5) is 38.4. The lowest BCUT2D eigenvalue weighted by molar-refractivity contribution is -0.167. The number of hydrogen-bond donors (Lipinski definition) is 0. The van der Waals surface area contributed by atoms with Crippen LogP contribution >= 0.6 is 0 Å². The molecule has 6 nitrogen and oxygen atoms in total. The van der Waals surface area contributed by atoms with Gasteiger partial charge in [-0.25, -0.2) is 0 Å². The van der Waals surface area contributed by atoms with E-state index in [4.69, 9.17) is 14.2 Å². The Bertz CT molecular complexity index is 1510. The third-order valence-electron chi connectivity index (χ3n) is 14.1. The molecule has 0 heterocycles. The monoisotopic (exact) mass is 1070 g/mol. The van der Waals surface area contributed by atoms with E-state index >= 15 is 0 Å². The van der Waals surface area contributed by atoms with E-state index in [2.05, 4.69) is 118 Å². The average Bonchev–Trinajstić information content (AvgIpc) is 3.43. The van der Waals surface area contributed by atoms with E-state index in [0.717, 1.165) is 89.9 Å². The van der Waals surface area contributed by atoms with Crippen molar-refractivity contribution in [1.29, 1.82) is 0 Å². The van der Waals surface area contributed by atoms with E-state index in [9.17, 15) is 14.4 Å². The van der Waals surface area contributed by atoms with Crippen molar-refractivity contribution in [2.24, 2.45) is 0 Å². The predicted octanol–water partition coefficient (Wildman–Crippen LogP) is 22.4. The van der Waals surface area contributed by atoms with Gasteiger partial charge in [-0.05, 0) is 96.3 Å². The van der Waals surface area contributed by atoms with Gasteiger partial charge in [0.2, 0.25) is 0 Å². The summed E-state index contributed by atoms with van der Waals surface area (Å²) < 4.78 is 16.9. The zero-order valence-electron chi connectivity index (χ0n) is 50.7. The number of rotatable bonds is 59. The third kappa shape index (κ3) is 63.0. The molecule has 0 fully saturated rings.